The molecule has 3 heterocycles. The Labute approximate surface area is 294 Å². The zero-order valence-electron chi connectivity index (χ0n) is 27.5. The first-order valence-corrected chi connectivity index (χ1v) is 16.1. The molecule has 2 aliphatic heterocycles. The van der Waals surface area contributed by atoms with Gasteiger partial charge in [-0.2, -0.15) is 0 Å². The molecule has 0 saturated heterocycles. The quantitative estimate of drug-likeness (QED) is 0.0927. The highest BCUT2D eigenvalue weighted by molar-refractivity contribution is 6.60. The Morgan fingerprint density at radius 1 is 0.769 bits per heavy atom. The fourth-order valence-electron chi connectivity index (χ4n) is 6.62. The molecule has 4 aromatic rings. The second kappa shape index (κ2) is 14.7. The predicted molar refractivity (Wildman–Crippen MR) is 185 cm³/mol. The molecule has 0 aliphatic carbocycles. The first-order valence-electron chi connectivity index (χ1n) is 16.1. The molecule has 0 spiro atoms. The van der Waals surface area contributed by atoms with E-state index in [1.54, 1.807) is 66.7 Å². The van der Waals surface area contributed by atoms with E-state index in [2.05, 4.69) is 0 Å². The van der Waals surface area contributed by atoms with Gasteiger partial charge < -0.3 is 52.4 Å². The maximum atomic E-state index is 16.6. The molecule has 0 saturated carbocycles. The first kappa shape index (κ1) is 35.8. The third-order valence-corrected chi connectivity index (χ3v) is 8.63. The van der Waals surface area contributed by atoms with Gasteiger partial charge in [0.2, 0.25) is 0 Å². The predicted octanol–water partition coefficient (Wildman–Crippen LogP) is 3.08. The van der Waals surface area contributed by atoms with Gasteiger partial charge >= 0.3 is 30.8 Å². The third-order valence-electron chi connectivity index (χ3n) is 8.63. The highest BCUT2D eigenvalue weighted by atomic mass is 19.2. The lowest BCUT2D eigenvalue weighted by atomic mass is 9.84. The second-order valence-corrected chi connectivity index (χ2v) is 12.2. The third kappa shape index (κ3) is 7.22. The molecule has 0 atom stereocenters. The lowest BCUT2D eigenvalue weighted by molar-refractivity contribution is -0.312. The van der Waals surface area contributed by atoms with E-state index < -0.39 is 57.0 Å². The molecule has 0 radical (unpaired) electrons. The van der Waals surface area contributed by atoms with Gasteiger partial charge in [-0.15, -0.1) is 0 Å². The molecule has 4 N–H and O–H groups in total. The number of hydrogen-bond acceptors (Lipinski definition) is 8. The smallest absolute Gasteiger partial charge is 0.489 e. The van der Waals surface area contributed by atoms with Crippen LogP contribution in [0.2, 0.25) is 0 Å². The highest BCUT2D eigenvalue weighted by Crippen LogP contribution is 2.47. The molecular formula is C35H33BF2N4O10. The van der Waals surface area contributed by atoms with Gasteiger partial charge in [0.05, 0.1) is 43.1 Å². The summed E-state index contributed by atoms with van der Waals surface area (Å²) in [4.78, 5) is 48.0. The van der Waals surface area contributed by atoms with Crippen molar-refractivity contribution >= 4 is 64.9 Å². The van der Waals surface area contributed by atoms with Crippen LogP contribution in [-0.4, -0.2) is 124 Å². The minimum Gasteiger partial charge on any atom is -0.489 e. The molecule has 17 heteroatoms. The maximum absolute atomic E-state index is 16.6. The van der Waals surface area contributed by atoms with E-state index >= 15 is 8.63 Å². The number of aliphatic carboxylic acids is 4. The average Bonchev–Trinajstić information content (AvgIpc) is 3.66. The fourth-order valence-corrected chi connectivity index (χ4v) is 6.62. The number of ether oxygens (including phenoxy) is 2. The van der Waals surface area contributed by atoms with Gasteiger partial charge in [-0.25, -0.2) is 0 Å². The minimum atomic E-state index is -4.35. The van der Waals surface area contributed by atoms with Crippen molar-refractivity contribution in [1.82, 2.24) is 9.38 Å². The Morgan fingerprint density at radius 2 is 1.42 bits per heavy atom. The molecule has 0 bridgehead atoms. The Hall–Kier alpha value is -6.07. The number of anilines is 1. The molecule has 52 heavy (non-hydrogen) atoms. The van der Waals surface area contributed by atoms with Crippen molar-refractivity contribution in [1.29, 1.82) is 0 Å². The van der Waals surface area contributed by atoms with Crippen LogP contribution in [0, 0.1) is 0 Å². The number of carboxylic acid groups (broad SMARTS) is 4. The number of aromatic nitrogens is 1. The van der Waals surface area contributed by atoms with Crippen LogP contribution in [0.5, 0.6) is 5.75 Å². The number of para-hydroxylation sites is 1. The summed E-state index contributed by atoms with van der Waals surface area (Å²) in [5, 5.41) is 37.9. The molecule has 0 amide bonds. The van der Waals surface area contributed by atoms with Crippen LogP contribution in [0.3, 0.4) is 0 Å². The molecule has 0 fully saturated rings. The fraction of sp³-hybridized carbons (Fsp3) is 0.229. The normalized spacial score (nSPS) is 14.1. The largest absolute Gasteiger partial charge is 0.737 e. The average molecular weight is 718 g/mol. The summed E-state index contributed by atoms with van der Waals surface area (Å²) < 4.78 is 46.8. The van der Waals surface area contributed by atoms with Gasteiger partial charge in [-0.1, -0.05) is 36.4 Å². The molecule has 14 nitrogen and oxygen atoms in total. The Morgan fingerprint density at radius 3 is 2.12 bits per heavy atom. The summed E-state index contributed by atoms with van der Waals surface area (Å²) in [7, 11) is 0. The van der Waals surface area contributed by atoms with Crippen molar-refractivity contribution in [2.75, 3.05) is 57.4 Å². The number of benzene rings is 3. The van der Waals surface area contributed by atoms with Crippen LogP contribution in [0.15, 0.2) is 72.8 Å². The van der Waals surface area contributed by atoms with Crippen LogP contribution in [0.25, 0.3) is 22.2 Å². The van der Waals surface area contributed by atoms with Gasteiger partial charge in [0.15, 0.2) is 5.70 Å². The maximum Gasteiger partial charge on any atom is 0.737 e. The number of halogens is 2. The van der Waals surface area contributed by atoms with Crippen LogP contribution >= 0.6 is 0 Å². The number of carbonyl (C=O) groups is 4. The summed E-state index contributed by atoms with van der Waals surface area (Å²) in [5.74, 6) is -4.95. The monoisotopic (exact) mass is 718 g/mol. The number of fused-ring (bicyclic) bond motifs is 6. The van der Waals surface area contributed by atoms with Gasteiger partial charge in [-0.3, -0.25) is 24.1 Å². The summed E-state index contributed by atoms with van der Waals surface area (Å²) in [6.45, 7) is -6.98. The van der Waals surface area contributed by atoms with Gasteiger partial charge in [-0.05, 0) is 47.3 Å². The molecular weight excluding hydrogens is 685 g/mol. The SMILES string of the molecule is O=C(O)CN(CCOCCOc1cc(C2=C3c4ccccc4C=[N+]3[B-](F)(F)n3c2cc2ccccc23)ccc1N(CC(=O)O)CC(=O)O)CC(=O)O. The number of nitrogens with zero attached hydrogens (tertiary/aromatic N) is 4. The first-order chi connectivity index (χ1) is 24.8. The van der Waals surface area contributed by atoms with E-state index in [9.17, 15) is 29.4 Å². The van der Waals surface area contributed by atoms with Crippen LogP contribution in [0.4, 0.5) is 14.3 Å². The van der Waals surface area contributed by atoms with Crippen molar-refractivity contribution in [2.45, 2.75) is 0 Å². The summed E-state index contributed by atoms with van der Waals surface area (Å²) >= 11 is 0. The Balaban J connectivity index is 1.39. The lowest BCUT2D eigenvalue weighted by Gasteiger charge is -2.32. The van der Waals surface area contributed by atoms with E-state index in [0.717, 1.165) is 13.9 Å². The van der Waals surface area contributed by atoms with Crippen LogP contribution in [-0.2, 0) is 23.9 Å². The highest BCUT2D eigenvalue weighted by Gasteiger charge is 2.54. The molecule has 1 aromatic heterocycles. The van der Waals surface area contributed by atoms with E-state index in [0.29, 0.717) is 33.2 Å². The van der Waals surface area contributed by atoms with E-state index in [1.807, 2.05) is 0 Å². The van der Waals surface area contributed by atoms with Crippen molar-refractivity contribution in [3.63, 3.8) is 0 Å². The number of rotatable bonds is 17. The minimum absolute atomic E-state index is 0.00359. The second-order valence-electron chi connectivity index (χ2n) is 12.2. The van der Waals surface area contributed by atoms with Crippen molar-refractivity contribution in [3.05, 3.63) is 95.2 Å². The van der Waals surface area contributed by atoms with Crippen molar-refractivity contribution in [3.8, 4) is 5.75 Å². The molecule has 2 aliphatic rings. The van der Waals surface area contributed by atoms with Crippen LogP contribution < -0.4 is 9.64 Å². The number of carboxylic acids is 4. The van der Waals surface area contributed by atoms with Gasteiger partial charge in [0.25, 0.3) is 0 Å². The van der Waals surface area contributed by atoms with Crippen molar-refractivity contribution in [2.24, 2.45) is 0 Å². The topological polar surface area (TPSA) is 182 Å². The summed E-state index contributed by atoms with van der Waals surface area (Å²) in [6.07, 6.45) is 1.42. The lowest BCUT2D eigenvalue weighted by Crippen LogP contribution is -2.49. The number of hydrogen-bond donors (Lipinski definition) is 4. The summed E-state index contributed by atoms with van der Waals surface area (Å²) in [5.41, 5.74) is 3.00. The molecule has 3 aromatic carbocycles. The zero-order chi connectivity index (χ0) is 37.2. The summed E-state index contributed by atoms with van der Waals surface area (Å²) in [6, 6.07) is 20.1. The molecule has 0 unspecified atom stereocenters. The standard InChI is InChI=1S/C35H33BF2N4O10/c37-36(38)41-17-24-6-1-3-7-25(24)35(41)34(28-15-22-5-2-4-8-26(22)42(28)36)23-9-10-27(40(20-32(47)48)21-33(49)50)29(16-23)52-14-13-51-12-11-39(18-30(43)44)19-31(45)46/h1-10,15-17H,11-14,18-21H2,(H,43,44)(H,45,46)(H,47,48)(H,49,50). The molecule has 6 rings (SSSR count). The van der Waals surface area contributed by atoms with Crippen molar-refractivity contribution < 1.29 is 62.2 Å². The zero-order valence-corrected chi connectivity index (χ0v) is 27.5. The van der Waals surface area contributed by atoms with E-state index in [-0.39, 0.29) is 49.2 Å². The van der Waals surface area contributed by atoms with Crippen LogP contribution in [0.1, 0.15) is 22.4 Å². The Bertz CT molecular complexity index is 2120. The van der Waals surface area contributed by atoms with E-state index in [1.165, 1.54) is 17.2 Å². The van der Waals surface area contributed by atoms with Gasteiger partial charge in [0, 0.05) is 23.3 Å². The molecule has 270 valence electrons. The Kier molecular flexibility index (Phi) is 10.1. The van der Waals surface area contributed by atoms with Gasteiger partial charge in [0.1, 0.15) is 31.7 Å². The van der Waals surface area contributed by atoms with E-state index in [4.69, 9.17) is 19.7 Å².